The van der Waals surface area contributed by atoms with Crippen molar-refractivity contribution in [2.24, 2.45) is 10.1 Å². The molecule has 1 aliphatic heterocycles. The second-order valence-electron chi connectivity index (χ2n) is 4.91. The van der Waals surface area contributed by atoms with Gasteiger partial charge in [-0.25, -0.2) is 9.38 Å². The number of hydrogen-bond donors (Lipinski definition) is 1. The van der Waals surface area contributed by atoms with E-state index < -0.39 is 0 Å². The average molecular weight is 322 g/mol. The molecule has 3 aromatic rings. The topological polar surface area (TPSA) is 49.6 Å². The number of nitrogens with one attached hydrogen (secondary N) is 1. The van der Waals surface area contributed by atoms with Gasteiger partial charge in [-0.15, -0.1) is 11.3 Å². The lowest BCUT2D eigenvalue weighted by Gasteiger charge is -2.05. The van der Waals surface area contributed by atoms with Crippen LogP contribution in [0.15, 0.2) is 70.3 Å². The molecule has 0 bridgehead atoms. The molecule has 1 N–H and O–H groups in total. The Morgan fingerprint density at radius 3 is 2.70 bits per heavy atom. The van der Waals surface area contributed by atoms with E-state index in [1.54, 1.807) is 29.8 Å². The summed E-state index contributed by atoms with van der Waals surface area (Å²) in [6.45, 7) is 0. The number of halogens is 1. The van der Waals surface area contributed by atoms with Crippen molar-refractivity contribution in [2.45, 2.75) is 0 Å². The maximum atomic E-state index is 13.7. The Kier molecular flexibility index (Phi) is 3.44. The van der Waals surface area contributed by atoms with Crippen molar-refractivity contribution in [3.63, 3.8) is 0 Å². The molecule has 1 aliphatic rings. The van der Waals surface area contributed by atoms with Crippen molar-refractivity contribution in [1.29, 1.82) is 0 Å². The third-order valence-corrected chi connectivity index (χ3v) is 4.30. The third kappa shape index (κ3) is 2.64. The highest BCUT2D eigenvalue weighted by Gasteiger charge is 2.18. The van der Waals surface area contributed by atoms with Crippen LogP contribution >= 0.6 is 11.3 Å². The fraction of sp³-hybridized carbons (Fsp3) is 0. The van der Waals surface area contributed by atoms with Crippen molar-refractivity contribution < 1.29 is 4.39 Å². The summed E-state index contributed by atoms with van der Waals surface area (Å²) in [4.78, 5) is 9.57. The van der Waals surface area contributed by atoms with E-state index in [1.807, 2.05) is 29.6 Å². The predicted molar refractivity (Wildman–Crippen MR) is 89.9 cm³/mol. The maximum absolute atomic E-state index is 13.7. The van der Waals surface area contributed by atoms with Gasteiger partial charge in [0.25, 0.3) is 0 Å². The highest BCUT2D eigenvalue weighted by Crippen LogP contribution is 2.27. The Morgan fingerprint density at radius 2 is 1.91 bits per heavy atom. The van der Waals surface area contributed by atoms with Gasteiger partial charge in [-0.3, -0.25) is 10.4 Å². The lowest BCUT2D eigenvalue weighted by atomic mass is 10.1. The van der Waals surface area contributed by atoms with Crippen LogP contribution in [0.25, 0.3) is 0 Å². The number of amidine groups is 1. The molecule has 0 amide bonds. The normalized spacial score (nSPS) is 13.4. The number of nitrogens with zero attached hydrogens (tertiary/aromatic N) is 3. The van der Waals surface area contributed by atoms with Gasteiger partial charge >= 0.3 is 0 Å². The van der Waals surface area contributed by atoms with Gasteiger partial charge in [0.15, 0.2) is 5.84 Å². The molecule has 0 saturated heterocycles. The van der Waals surface area contributed by atoms with Crippen molar-refractivity contribution >= 4 is 28.6 Å². The molecule has 0 fully saturated rings. The summed E-state index contributed by atoms with van der Waals surface area (Å²) >= 11 is 1.55. The summed E-state index contributed by atoms with van der Waals surface area (Å²) < 4.78 is 13.7. The summed E-state index contributed by atoms with van der Waals surface area (Å²) in [5.41, 5.74) is 5.89. The second-order valence-corrected chi connectivity index (χ2v) is 5.85. The van der Waals surface area contributed by atoms with Crippen molar-refractivity contribution in [3.05, 3.63) is 82.1 Å². The Labute approximate surface area is 136 Å². The Morgan fingerprint density at radius 1 is 1.04 bits per heavy atom. The number of fused-ring (bicyclic) bond motifs is 1. The first-order valence-corrected chi connectivity index (χ1v) is 7.86. The lowest BCUT2D eigenvalue weighted by Crippen LogP contribution is -2.19. The zero-order chi connectivity index (χ0) is 15.6. The van der Waals surface area contributed by atoms with Gasteiger partial charge in [-0.1, -0.05) is 6.07 Å². The predicted octanol–water partition coefficient (Wildman–Crippen LogP) is 3.72. The molecule has 0 unspecified atom stereocenters. The van der Waals surface area contributed by atoms with E-state index in [-0.39, 0.29) is 5.82 Å². The first-order valence-electron chi connectivity index (χ1n) is 6.98. The molecule has 1 aromatic carbocycles. The number of rotatable bonds is 2. The minimum atomic E-state index is -0.310. The van der Waals surface area contributed by atoms with Crippen molar-refractivity contribution in [1.82, 2.24) is 10.4 Å². The molecule has 112 valence electrons. The van der Waals surface area contributed by atoms with E-state index in [0.717, 1.165) is 10.4 Å². The highest BCUT2D eigenvalue weighted by atomic mass is 32.1. The van der Waals surface area contributed by atoms with Crippen LogP contribution in [0.2, 0.25) is 0 Å². The zero-order valence-electron chi connectivity index (χ0n) is 11.9. The monoisotopic (exact) mass is 322 g/mol. The van der Waals surface area contributed by atoms with Gasteiger partial charge in [-0.2, -0.15) is 5.10 Å². The number of hydrogen-bond acceptors (Lipinski definition) is 5. The number of thiophene rings is 1. The first-order chi connectivity index (χ1) is 11.3. The van der Waals surface area contributed by atoms with E-state index in [1.165, 1.54) is 12.1 Å². The van der Waals surface area contributed by atoms with Crippen LogP contribution in [-0.4, -0.2) is 16.5 Å². The fourth-order valence-corrected chi connectivity index (χ4v) is 3.08. The quantitative estimate of drug-likeness (QED) is 0.782. The van der Waals surface area contributed by atoms with Crippen LogP contribution in [0, 0.1) is 5.82 Å². The summed E-state index contributed by atoms with van der Waals surface area (Å²) in [5, 5.41) is 6.43. The summed E-state index contributed by atoms with van der Waals surface area (Å²) in [7, 11) is 0. The van der Waals surface area contributed by atoms with Crippen LogP contribution in [0.3, 0.4) is 0 Å². The molecule has 4 nitrogen and oxygen atoms in total. The maximum Gasteiger partial charge on any atom is 0.154 e. The molecule has 23 heavy (non-hydrogen) atoms. The van der Waals surface area contributed by atoms with Crippen LogP contribution in [0.5, 0.6) is 0 Å². The first kappa shape index (κ1) is 13.8. The van der Waals surface area contributed by atoms with E-state index in [2.05, 4.69) is 20.5 Å². The van der Waals surface area contributed by atoms with Crippen molar-refractivity contribution in [3.8, 4) is 0 Å². The van der Waals surface area contributed by atoms with Crippen molar-refractivity contribution in [2.75, 3.05) is 0 Å². The van der Waals surface area contributed by atoms with E-state index in [9.17, 15) is 4.39 Å². The average Bonchev–Trinajstić information content (AvgIpc) is 3.04. The molecule has 0 radical (unpaired) electrons. The van der Waals surface area contributed by atoms with Gasteiger partial charge in [-0.05, 0) is 41.8 Å². The molecule has 2 aromatic heterocycles. The minimum absolute atomic E-state index is 0.310. The van der Waals surface area contributed by atoms with E-state index in [0.29, 0.717) is 22.8 Å². The van der Waals surface area contributed by atoms with Gasteiger partial charge in [0.1, 0.15) is 11.5 Å². The molecule has 3 heterocycles. The third-order valence-electron chi connectivity index (χ3n) is 3.43. The van der Waals surface area contributed by atoms with Gasteiger partial charge in [0.2, 0.25) is 0 Å². The summed E-state index contributed by atoms with van der Waals surface area (Å²) in [6.07, 6.45) is 3.39. The van der Waals surface area contributed by atoms with Gasteiger partial charge in [0.05, 0.1) is 10.6 Å². The summed E-state index contributed by atoms with van der Waals surface area (Å²) in [6, 6.07) is 12.1. The molecular weight excluding hydrogens is 311 g/mol. The molecular formula is C17H11FN4S. The molecule has 0 atom stereocenters. The number of aromatic nitrogens is 1. The van der Waals surface area contributed by atoms with Gasteiger partial charge < -0.3 is 0 Å². The Bertz CT molecular complexity index is 902. The Balaban J connectivity index is 1.89. The molecule has 0 aliphatic carbocycles. The number of aliphatic imine (C=N–C) groups is 1. The molecule has 0 spiro atoms. The number of benzene rings is 1. The lowest BCUT2D eigenvalue weighted by molar-refractivity contribution is 0.627. The van der Waals surface area contributed by atoms with Crippen LogP contribution in [0.1, 0.15) is 16.0 Å². The van der Waals surface area contributed by atoms with E-state index in [4.69, 9.17) is 0 Å². The fourth-order valence-electron chi connectivity index (χ4n) is 2.35. The number of hydrazone groups is 1. The second kappa shape index (κ2) is 5.73. The van der Waals surface area contributed by atoms with Crippen LogP contribution in [0.4, 0.5) is 10.1 Å². The number of pyridine rings is 1. The largest absolute Gasteiger partial charge is 0.265 e. The minimum Gasteiger partial charge on any atom is -0.265 e. The van der Waals surface area contributed by atoms with E-state index >= 15 is 0 Å². The zero-order valence-corrected chi connectivity index (χ0v) is 12.7. The van der Waals surface area contributed by atoms with Crippen LogP contribution < -0.4 is 5.43 Å². The van der Waals surface area contributed by atoms with Gasteiger partial charge in [0, 0.05) is 23.5 Å². The molecule has 0 saturated carbocycles. The highest BCUT2D eigenvalue weighted by molar-refractivity contribution is 7.12. The molecule has 4 rings (SSSR count). The van der Waals surface area contributed by atoms with Crippen LogP contribution in [-0.2, 0) is 0 Å². The summed E-state index contributed by atoms with van der Waals surface area (Å²) in [5.74, 6) is 0.294. The smallest absolute Gasteiger partial charge is 0.154 e. The SMILES string of the molecule is Fc1ccc2c(c1)C(c1cccs1)=NNC(c1ccncc1)=N2. The standard InChI is InChI=1S/C17H11FN4S/c18-12-3-4-14-13(10-12)16(15-2-1-9-23-15)21-22-17(20-14)11-5-7-19-8-6-11/h1-10H,(H,20,22). The Hall–Kier alpha value is -2.86. The molecule has 6 heteroatoms.